The van der Waals surface area contributed by atoms with Crippen LogP contribution in [0.25, 0.3) is 16.9 Å². The lowest BCUT2D eigenvalue weighted by molar-refractivity contribution is -0.385. The Labute approximate surface area is 187 Å². The number of nitrogens with zero attached hydrogens (tertiary/aromatic N) is 6. The first kappa shape index (κ1) is 21.6. The molecule has 4 aromatic rings. The van der Waals surface area contributed by atoms with E-state index >= 15 is 0 Å². The van der Waals surface area contributed by atoms with Crippen molar-refractivity contribution in [1.29, 1.82) is 0 Å². The molecule has 3 heterocycles. The molecule has 0 spiro atoms. The van der Waals surface area contributed by atoms with Crippen molar-refractivity contribution in [3.05, 3.63) is 70.3 Å². The first-order valence-corrected chi connectivity index (χ1v) is 10.1. The van der Waals surface area contributed by atoms with Gasteiger partial charge in [-0.15, -0.1) is 0 Å². The quantitative estimate of drug-likeness (QED) is 0.257. The van der Waals surface area contributed by atoms with Crippen LogP contribution in [0.4, 0.5) is 11.4 Å². The number of aromatic nitrogens is 5. The van der Waals surface area contributed by atoms with E-state index in [1.807, 2.05) is 0 Å². The predicted molar refractivity (Wildman–Crippen MR) is 117 cm³/mol. The second-order valence-electron chi connectivity index (χ2n) is 6.85. The summed E-state index contributed by atoms with van der Waals surface area (Å²) in [5.41, 5.74) is 1.62. The molecule has 0 aliphatic rings. The summed E-state index contributed by atoms with van der Waals surface area (Å²) in [5.74, 6) is -1.22. The van der Waals surface area contributed by atoms with Gasteiger partial charge in [0.25, 0.3) is 5.91 Å². The maximum atomic E-state index is 12.7. The third-order valence-electron chi connectivity index (χ3n) is 4.79. The molecule has 1 aromatic carbocycles. The molecule has 0 unspecified atom stereocenters. The number of carbonyl (C=O) groups excluding carboxylic acids is 2. The van der Waals surface area contributed by atoms with Gasteiger partial charge in [-0.3, -0.25) is 19.6 Å². The van der Waals surface area contributed by atoms with Crippen LogP contribution < -0.4 is 5.32 Å². The van der Waals surface area contributed by atoms with Crippen molar-refractivity contribution in [2.75, 3.05) is 11.9 Å². The summed E-state index contributed by atoms with van der Waals surface area (Å²) in [4.78, 5) is 39.7. The number of nitrogens with one attached hydrogen (secondary N) is 1. The summed E-state index contributed by atoms with van der Waals surface area (Å²) in [6.07, 6.45) is 4.15. The molecule has 3 aromatic heterocycles. The smallest absolute Gasteiger partial charge is 0.343 e. The summed E-state index contributed by atoms with van der Waals surface area (Å²) in [7, 11) is 0. The van der Waals surface area contributed by atoms with Crippen LogP contribution in [0.5, 0.6) is 0 Å². The number of ether oxygens (including phenoxy) is 1. The number of carbonyl (C=O) groups is 2. The summed E-state index contributed by atoms with van der Waals surface area (Å²) in [5, 5.41) is 22.2. The third kappa shape index (κ3) is 4.13. The maximum absolute atomic E-state index is 12.7. The number of aryl methyl sites for hydroxylation is 1. The molecule has 4 rings (SSSR count). The molecule has 33 heavy (non-hydrogen) atoms. The lowest BCUT2D eigenvalue weighted by Crippen LogP contribution is -2.14. The Bertz CT molecular complexity index is 1370. The number of hydrogen-bond donors (Lipinski definition) is 1. The van der Waals surface area contributed by atoms with Crippen molar-refractivity contribution >= 4 is 28.9 Å². The van der Waals surface area contributed by atoms with Crippen molar-refractivity contribution in [1.82, 2.24) is 24.4 Å². The second-order valence-corrected chi connectivity index (χ2v) is 6.85. The fourth-order valence-corrected chi connectivity index (χ4v) is 3.28. The molecule has 0 aliphatic heterocycles. The predicted octanol–water partition coefficient (Wildman–Crippen LogP) is 2.95. The molecule has 12 nitrogen and oxygen atoms in total. The SMILES string of the molecule is CCOC(=O)c1cnn2c(-c3cccc(NC(=O)c4nn(CC)cc4[N+](=O)[O-])c3)ccnc12. The Morgan fingerprint density at radius 3 is 2.79 bits per heavy atom. The first-order valence-electron chi connectivity index (χ1n) is 10.1. The zero-order valence-corrected chi connectivity index (χ0v) is 17.8. The lowest BCUT2D eigenvalue weighted by Gasteiger charge is -2.08. The Balaban J connectivity index is 1.66. The standard InChI is InChI=1S/C21H19N7O5/c1-3-26-12-17(28(31)32)18(25-26)20(29)24-14-7-5-6-13(10-14)16-8-9-22-19-15(11-23-27(16)19)21(30)33-4-2/h5-12H,3-4H2,1-2H3,(H,24,29). The average molecular weight is 449 g/mol. The highest BCUT2D eigenvalue weighted by Crippen LogP contribution is 2.25. The molecule has 0 saturated carbocycles. The molecule has 0 saturated heterocycles. The van der Waals surface area contributed by atoms with Crippen molar-refractivity contribution in [3.8, 4) is 11.3 Å². The molecule has 0 bridgehead atoms. The monoisotopic (exact) mass is 449 g/mol. The van der Waals surface area contributed by atoms with Crippen LogP contribution in [-0.4, -0.2) is 47.8 Å². The number of hydrogen-bond acceptors (Lipinski definition) is 8. The molecular formula is C21H19N7O5. The van der Waals surface area contributed by atoms with E-state index in [0.29, 0.717) is 29.1 Å². The van der Waals surface area contributed by atoms with Crippen LogP contribution in [0.2, 0.25) is 0 Å². The van der Waals surface area contributed by atoms with Crippen LogP contribution in [0.1, 0.15) is 34.7 Å². The second kappa shape index (κ2) is 8.86. The van der Waals surface area contributed by atoms with Crippen molar-refractivity contribution < 1.29 is 19.2 Å². The van der Waals surface area contributed by atoms with Gasteiger partial charge < -0.3 is 10.1 Å². The fraction of sp³-hybridized carbons (Fsp3) is 0.190. The highest BCUT2D eigenvalue weighted by Gasteiger charge is 2.25. The first-order chi connectivity index (χ1) is 15.9. The van der Waals surface area contributed by atoms with Gasteiger partial charge in [-0.05, 0) is 32.0 Å². The number of nitro groups is 1. The third-order valence-corrected chi connectivity index (χ3v) is 4.79. The minimum Gasteiger partial charge on any atom is -0.462 e. The highest BCUT2D eigenvalue weighted by atomic mass is 16.6. The van der Waals surface area contributed by atoms with E-state index in [4.69, 9.17) is 4.74 Å². The molecule has 0 radical (unpaired) electrons. The number of rotatable bonds is 7. The van der Waals surface area contributed by atoms with E-state index in [9.17, 15) is 19.7 Å². The molecule has 1 amide bonds. The van der Waals surface area contributed by atoms with Crippen molar-refractivity contribution in [2.45, 2.75) is 20.4 Å². The molecule has 0 fully saturated rings. The molecule has 12 heteroatoms. The molecule has 0 atom stereocenters. The summed E-state index contributed by atoms with van der Waals surface area (Å²) < 4.78 is 7.88. The van der Waals surface area contributed by atoms with E-state index in [2.05, 4.69) is 20.5 Å². The van der Waals surface area contributed by atoms with Crippen LogP contribution in [-0.2, 0) is 11.3 Å². The van der Waals surface area contributed by atoms with Crippen LogP contribution in [0.3, 0.4) is 0 Å². The van der Waals surface area contributed by atoms with E-state index in [0.717, 1.165) is 0 Å². The number of amides is 1. The van der Waals surface area contributed by atoms with Crippen LogP contribution >= 0.6 is 0 Å². The minimum atomic E-state index is -0.699. The van der Waals surface area contributed by atoms with Gasteiger partial charge in [0.2, 0.25) is 5.69 Å². The van der Waals surface area contributed by atoms with Crippen molar-refractivity contribution in [3.63, 3.8) is 0 Å². The maximum Gasteiger partial charge on any atom is 0.343 e. The van der Waals surface area contributed by atoms with E-state index < -0.39 is 16.8 Å². The van der Waals surface area contributed by atoms with E-state index in [1.54, 1.807) is 50.4 Å². The number of fused-ring (bicyclic) bond motifs is 1. The lowest BCUT2D eigenvalue weighted by atomic mass is 10.1. The summed E-state index contributed by atoms with van der Waals surface area (Å²) >= 11 is 0. The molecule has 168 valence electrons. The van der Waals surface area contributed by atoms with Gasteiger partial charge in [0.1, 0.15) is 11.8 Å². The number of benzene rings is 1. The van der Waals surface area contributed by atoms with Gasteiger partial charge in [-0.1, -0.05) is 12.1 Å². The summed E-state index contributed by atoms with van der Waals surface area (Å²) in [6.45, 7) is 4.09. The Kier molecular flexibility index (Phi) is 5.81. The molecular weight excluding hydrogens is 430 g/mol. The Hall–Kier alpha value is -4.61. The van der Waals surface area contributed by atoms with E-state index in [-0.39, 0.29) is 23.6 Å². The minimum absolute atomic E-state index is 0.228. The normalized spacial score (nSPS) is 10.8. The molecule has 1 N–H and O–H groups in total. The number of esters is 1. The largest absolute Gasteiger partial charge is 0.462 e. The van der Waals surface area contributed by atoms with E-state index in [1.165, 1.54) is 21.6 Å². The zero-order chi connectivity index (χ0) is 23.5. The average Bonchev–Trinajstić information content (AvgIpc) is 3.44. The van der Waals surface area contributed by atoms with Gasteiger partial charge >= 0.3 is 11.7 Å². The highest BCUT2D eigenvalue weighted by molar-refractivity contribution is 6.05. The summed E-state index contributed by atoms with van der Waals surface area (Å²) in [6, 6.07) is 8.55. The zero-order valence-electron chi connectivity index (χ0n) is 17.8. The van der Waals surface area contributed by atoms with Gasteiger partial charge in [0.15, 0.2) is 5.65 Å². The van der Waals surface area contributed by atoms with Gasteiger partial charge in [0, 0.05) is 24.0 Å². The van der Waals surface area contributed by atoms with Crippen LogP contribution in [0, 0.1) is 10.1 Å². The van der Waals surface area contributed by atoms with Gasteiger partial charge in [-0.2, -0.15) is 10.2 Å². The number of anilines is 1. The van der Waals surface area contributed by atoms with Crippen molar-refractivity contribution in [2.24, 2.45) is 0 Å². The van der Waals surface area contributed by atoms with Gasteiger partial charge in [-0.25, -0.2) is 14.3 Å². The Morgan fingerprint density at radius 1 is 1.24 bits per heavy atom. The van der Waals surface area contributed by atoms with Crippen LogP contribution in [0.15, 0.2) is 48.9 Å². The fourth-order valence-electron chi connectivity index (χ4n) is 3.28. The molecule has 0 aliphatic carbocycles. The topological polar surface area (TPSA) is 147 Å². The van der Waals surface area contributed by atoms with Gasteiger partial charge in [0.05, 0.1) is 23.4 Å². The Morgan fingerprint density at radius 2 is 2.06 bits per heavy atom.